The zero-order valence-corrected chi connectivity index (χ0v) is 13.2. The molecule has 0 unspecified atom stereocenters. The largest absolute Gasteiger partial charge is 0.345 e. The lowest BCUT2D eigenvalue weighted by molar-refractivity contribution is 0.102. The fraction of sp³-hybridized carbons (Fsp3) is 0.533. The van der Waals surface area contributed by atoms with Gasteiger partial charge in [0.05, 0.1) is 5.75 Å². The molecule has 2 heterocycles. The summed E-state index contributed by atoms with van der Waals surface area (Å²) in [6.07, 6.45) is 6.52. The van der Waals surface area contributed by atoms with Gasteiger partial charge < -0.3 is 4.57 Å². The number of carbonyl (C=O) groups excluding carboxylic acids is 1. The van der Waals surface area contributed by atoms with Gasteiger partial charge in [-0.1, -0.05) is 24.6 Å². The molecule has 0 aliphatic heterocycles. The Morgan fingerprint density at radius 3 is 2.86 bits per heavy atom. The molecule has 0 amide bonds. The van der Waals surface area contributed by atoms with Crippen LogP contribution in [0.5, 0.6) is 0 Å². The van der Waals surface area contributed by atoms with Gasteiger partial charge in [-0.3, -0.25) is 9.89 Å². The highest BCUT2D eigenvalue weighted by Gasteiger charge is 2.23. The second-order valence-electron chi connectivity index (χ2n) is 5.60. The van der Waals surface area contributed by atoms with Crippen molar-refractivity contribution < 1.29 is 4.79 Å². The number of ketones is 1. The molecule has 5 nitrogen and oxygen atoms in total. The van der Waals surface area contributed by atoms with Crippen LogP contribution in [0.4, 0.5) is 0 Å². The number of nitrogens with one attached hydrogen (secondary N) is 1. The van der Waals surface area contributed by atoms with Crippen LogP contribution in [-0.4, -0.2) is 31.3 Å². The molecule has 2 aromatic rings. The number of Topliss-reactive ketones (excluding diaryl/α,β-unsaturated/α-hetero) is 1. The standard InChI is InChI=1S/C15H20N4OS/c1-10-7-13(11(2)19(10)12-5-3-4-6-12)14(20)8-21-15-16-9-17-18-15/h7,9,12H,3-6,8H2,1-2H3,(H,16,17,18). The van der Waals surface area contributed by atoms with Crippen LogP contribution in [0.25, 0.3) is 0 Å². The van der Waals surface area contributed by atoms with E-state index in [4.69, 9.17) is 0 Å². The molecule has 21 heavy (non-hydrogen) atoms. The molecule has 1 saturated carbocycles. The number of hydrogen-bond acceptors (Lipinski definition) is 4. The van der Waals surface area contributed by atoms with E-state index >= 15 is 0 Å². The minimum atomic E-state index is 0.161. The van der Waals surface area contributed by atoms with Gasteiger partial charge in [0.2, 0.25) is 0 Å². The summed E-state index contributed by atoms with van der Waals surface area (Å²) in [6.45, 7) is 4.17. The van der Waals surface area contributed by atoms with Crippen molar-refractivity contribution in [3.63, 3.8) is 0 Å². The van der Waals surface area contributed by atoms with Crippen molar-refractivity contribution in [1.29, 1.82) is 0 Å². The van der Waals surface area contributed by atoms with Crippen LogP contribution in [-0.2, 0) is 0 Å². The monoisotopic (exact) mass is 304 g/mol. The third-order valence-electron chi connectivity index (χ3n) is 4.21. The van der Waals surface area contributed by atoms with Crippen LogP contribution in [0.3, 0.4) is 0 Å². The maximum atomic E-state index is 12.4. The number of H-pyrrole nitrogens is 1. The molecule has 0 aromatic carbocycles. The minimum absolute atomic E-state index is 0.161. The van der Waals surface area contributed by atoms with E-state index in [9.17, 15) is 4.79 Å². The van der Waals surface area contributed by atoms with E-state index < -0.39 is 0 Å². The third-order valence-corrected chi connectivity index (χ3v) is 5.08. The molecular formula is C15H20N4OS. The number of nitrogens with zero attached hydrogens (tertiary/aromatic N) is 3. The number of hydrogen-bond donors (Lipinski definition) is 1. The Hall–Kier alpha value is -1.56. The van der Waals surface area contributed by atoms with Gasteiger partial charge in [-0.05, 0) is 32.8 Å². The van der Waals surface area contributed by atoms with E-state index in [1.54, 1.807) is 0 Å². The van der Waals surface area contributed by atoms with Crippen molar-refractivity contribution in [3.05, 3.63) is 29.3 Å². The fourth-order valence-electron chi connectivity index (χ4n) is 3.26. The number of aromatic amines is 1. The topological polar surface area (TPSA) is 63.6 Å². The lowest BCUT2D eigenvalue weighted by atomic mass is 10.2. The molecule has 0 atom stereocenters. The second-order valence-corrected chi connectivity index (χ2v) is 6.56. The van der Waals surface area contributed by atoms with Gasteiger partial charge in [-0.25, -0.2) is 4.98 Å². The first-order chi connectivity index (χ1) is 10.2. The predicted molar refractivity (Wildman–Crippen MR) is 82.8 cm³/mol. The summed E-state index contributed by atoms with van der Waals surface area (Å²) in [5.41, 5.74) is 3.17. The van der Waals surface area contributed by atoms with Crippen molar-refractivity contribution in [2.75, 3.05) is 5.75 Å². The molecule has 0 radical (unpaired) electrons. The summed E-state index contributed by atoms with van der Waals surface area (Å²) in [4.78, 5) is 16.5. The number of aryl methyl sites for hydroxylation is 1. The Bertz CT molecular complexity index is 626. The van der Waals surface area contributed by atoms with E-state index in [0.717, 1.165) is 11.3 Å². The van der Waals surface area contributed by atoms with Crippen molar-refractivity contribution >= 4 is 17.5 Å². The first kappa shape index (κ1) is 14.4. The molecule has 1 N–H and O–H groups in total. The van der Waals surface area contributed by atoms with Crippen LogP contribution in [0.2, 0.25) is 0 Å². The van der Waals surface area contributed by atoms with Crippen LogP contribution in [0.1, 0.15) is 53.5 Å². The van der Waals surface area contributed by atoms with Gasteiger partial charge >= 0.3 is 0 Å². The fourth-order valence-corrected chi connectivity index (χ4v) is 3.92. The zero-order valence-electron chi connectivity index (χ0n) is 12.4. The average molecular weight is 304 g/mol. The van der Waals surface area contributed by atoms with Crippen LogP contribution in [0.15, 0.2) is 17.6 Å². The second kappa shape index (κ2) is 6.05. The average Bonchev–Trinajstić information content (AvgIpc) is 3.18. The van der Waals surface area contributed by atoms with Crippen LogP contribution >= 0.6 is 11.8 Å². The van der Waals surface area contributed by atoms with E-state index in [2.05, 4.69) is 33.6 Å². The van der Waals surface area contributed by atoms with Gasteiger partial charge in [0, 0.05) is 23.0 Å². The van der Waals surface area contributed by atoms with Crippen molar-refractivity contribution in [2.24, 2.45) is 0 Å². The summed E-state index contributed by atoms with van der Waals surface area (Å²) >= 11 is 1.40. The molecule has 2 aromatic heterocycles. The number of carbonyl (C=O) groups is 1. The molecular weight excluding hydrogens is 284 g/mol. The molecule has 1 fully saturated rings. The summed E-state index contributed by atoms with van der Waals surface area (Å²) in [7, 11) is 0. The molecule has 0 saturated heterocycles. The van der Waals surface area contributed by atoms with Crippen LogP contribution < -0.4 is 0 Å². The van der Waals surface area contributed by atoms with E-state index in [1.165, 1.54) is 49.5 Å². The molecule has 3 rings (SSSR count). The van der Waals surface area contributed by atoms with E-state index in [1.807, 2.05) is 6.07 Å². The highest BCUT2D eigenvalue weighted by molar-refractivity contribution is 7.99. The Balaban J connectivity index is 1.75. The molecule has 0 bridgehead atoms. The van der Waals surface area contributed by atoms with Crippen LogP contribution in [0, 0.1) is 13.8 Å². The highest BCUT2D eigenvalue weighted by atomic mass is 32.2. The lowest BCUT2D eigenvalue weighted by Crippen LogP contribution is -2.10. The van der Waals surface area contributed by atoms with E-state index in [0.29, 0.717) is 17.0 Å². The first-order valence-corrected chi connectivity index (χ1v) is 8.35. The Morgan fingerprint density at radius 1 is 1.43 bits per heavy atom. The third kappa shape index (κ3) is 2.90. The van der Waals surface area contributed by atoms with Gasteiger partial charge in [0.1, 0.15) is 6.33 Å². The van der Waals surface area contributed by atoms with Crippen molar-refractivity contribution in [3.8, 4) is 0 Å². The summed E-state index contributed by atoms with van der Waals surface area (Å²) in [5, 5.41) is 7.24. The Kier molecular flexibility index (Phi) is 4.14. The lowest BCUT2D eigenvalue weighted by Gasteiger charge is -2.17. The summed E-state index contributed by atoms with van der Waals surface area (Å²) < 4.78 is 2.36. The normalized spacial score (nSPS) is 15.7. The van der Waals surface area contributed by atoms with Gasteiger partial charge in [-0.15, -0.1) is 0 Å². The summed E-state index contributed by atoms with van der Waals surface area (Å²) in [5.74, 6) is 0.554. The van der Waals surface area contributed by atoms with Gasteiger partial charge in [0.25, 0.3) is 0 Å². The highest BCUT2D eigenvalue weighted by Crippen LogP contribution is 2.33. The number of aromatic nitrogens is 4. The quantitative estimate of drug-likeness (QED) is 0.680. The maximum absolute atomic E-state index is 12.4. The van der Waals surface area contributed by atoms with Crippen molar-refractivity contribution in [2.45, 2.75) is 50.7 Å². The van der Waals surface area contributed by atoms with Gasteiger partial charge in [0.15, 0.2) is 10.9 Å². The molecule has 112 valence electrons. The number of thioether (sulfide) groups is 1. The Labute approximate surface area is 128 Å². The van der Waals surface area contributed by atoms with E-state index in [-0.39, 0.29) is 5.78 Å². The molecule has 1 aliphatic rings. The minimum Gasteiger partial charge on any atom is -0.345 e. The molecule has 0 spiro atoms. The zero-order chi connectivity index (χ0) is 14.8. The predicted octanol–water partition coefficient (Wildman–Crippen LogP) is 3.31. The smallest absolute Gasteiger partial charge is 0.183 e. The summed E-state index contributed by atoms with van der Waals surface area (Å²) in [6, 6.07) is 2.62. The maximum Gasteiger partial charge on any atom is 0.183 e. The molecule has 1 aliphatic carbocycles. The molecule has 6 heteroatoms. The Morgan fingerprint density at radius 2 is 2.19 bits per heavy atom. The van der Waals surface area contributed by atoms with Crippen molar-refractivity contribution in [1.82, 2.24) is 19.7 Å². The number of rotatable bonds is 5. The first-order valence-electron chi connectivity index (χ1n) is 7.36. The van der Waals surface area contributed by atoms with Gasteiger partial charge in [-0.2, -0.15) is 5.10 Å². The SMILES string of the molecule is Cc1cc(C(=O)CSc2ncn[nH]2)c(C)n1C1CCCC1.